The highest BCUT2D eigenvalue weighted by Crippen LogP contribution is 2.30. The lowest BCUT2D eigenvalue weighted by molar-refractivity contribution is 0.394. The highest BCUT2D eigenvalue weighted by molar-refractivity contribution is 6.32. The van der Waals surface area contributed by atoms with E-state index in [0.717, 1.165) is 5.69 Å². The largest absolute Gasteiger partial charge is 0.480 e. The number of nitriles is 1. The summed E-state index contributed by atoms with van der Waals surface area (Å²) in [5, 5.41) is 13.6. The molecule has 0 saturated carbocycles. The number of nitrogens with zero attached hydrogens (tertiary/aromatic N) is 4. The van der Waals surface area contributed by atoms with Crippen LogP contribution in [0.1, 0.15) is 32.0 Å². The van der Waals surface area contributed by atoms with Crippen molar-refractivity contribution in [1.29, 1.82) is 5.26 Å². The second-order valence-electron chi connectivity index (χ2n) is 5.37. The maximum atomic E-state index is 8.86. The Morgan fingerprint density at radius 1 is 1.35 bits per heavy atom. The quantitative estimate of drug-likeness (QED) is 0.852. The van der Waals surface area contributed by atoms with E-state index in [4.69, 9.17) is 21.6 Å². The van der Waals surface area contributed by atoms with E-state index in [0.29, 0.717) is 22.3 Å². The first-order valence-electron chi connectivity index (χ1n) is 6.07. The van der Waals surface area contributed by atoms with Crippen LogP contribution in [0.5, 0.6) is 5.88 Å². The molecule has 0 bridgehead atoms. The van der Waals surface area contributed by atoms with Crippen LogP contribution in [-0.4, -0.2) is 21.9 Å². The van der Waals surface area contributed by atoms with Crippen LogP contribution in [0.3, 0.4) is 0 Å². The molecule has 2 aromatic rings. The van der Waals surface area contributed by atoms with E-state index in [9.17, 15) is 0 Å². The van der Waals surface area contributed by atoms with E-state index < -0.39 is 0 Å². The molecule has 2 aromatic heterocycles. The molecule has 0 spiro atoms. The van der Waals surface area contributed by atoms with Crippen LogP contribution in [0.2, 0.25) is 5.02 Å². The number of halogens is 1. The van der Waals surface area contributed by atoms with Crippen molar-refractivity contribution < 1.29 is 4.74 Å². The number of ether oxygens (including phenoxy) is 1. The minimum absolute atomic E-state index is 0.150. The van der Waals surface area contributed by atoms with Gasteiger partial charge in [-0.05, 0) is 6.07 Å². The number of rotatable bonds is 2. The second-order valence-corrected chi connectivity index (χ2v) is 5.78. The molecule has 0 radical (unpaired) electrons. The van der Waals surface area contributed by atoms with Gasteiger partial charge in [-0.15, -0.1) is 5.10 Å². The Morgan fingerprint density at radius 2 is 2.05 bits per heavy atom. The zero-order valence-electron chi connectivity index (χ0n) is 11.8. The van der Waals surface area contributed by atoms with Gasteiger partial charge in [0, 0.05) is 17.7 Å². The summed E-state index contributed by atoms with van der Waals surface area (Å²) >= 11 is 6.20. The van der Waals surface area contributed by atoms with Gasteiger partial charge in [-0.2, -0.15) is 5.26 Å². The summed E-state index contributed by atoms with van der Waals surface area (Å²) < 4.78 is 6.84. The Kier molecular flexibility index (Phi) is 3.69. The molecule has 2 heterocycles. The average molecular weight is 291 g/mol. The van der Waals surface area contributed by atoms with E-state index in [-0.39, 0.29) is 5.41 Å². The van der Waals surface area contributed by atoms with E-state index >= 15 is 0 Å². The minimum atomic E-state index is -0.150. The van der Waals surface area contributed by atoms with Crippen LogP contribution in [0.4, 0.5) is 0 Å². The van der Waals surface area contributed by atoms with E-state index in [1.165, 1.54) is 6.20 Å². The van der Waals surface area contributed by atoms with Gasteiger partial charge in [-0.1, -0.05) is 32.4 Å². The SMILES string of the molecule is COc1cc(C(C)(C)C)n(-c2ncc(C#N)cc2Cl)n1. The molecule has 0 atom stereocenters. The van der Waals surface area contributed by atoms with Gasteiger partial charge in [0.05, 0.1) is 23.4 Å². The van der Waals surface area contributed by atoms with Gasteiger partial charge >= 0.3 is 0 Å². The van der Waals surface area contributed by atoms with Crippen LogP contribution in [0.15, 0.2) is 18.3 Å². The summed E-state index contributed by atoms with van der Waals surface area (Å²) in [7, 11) is 1.56. The van der Waals surface area contributed by atoms with Gasteiger partial charge in [0.2, 0.25) is 5.88 Å². The van der Waals surface area contributed by atoms with Crippen LogP contribution in [0.25, 0.3) is 5.82 Å². The lowest BCUT2D eigenvalue weighted by Crippen LogP contribution is -2.18. The lowest BCUT2D eigenvalue weighted by atomic mass is 9.92. The standard InChI is InChI=1S/C14H15ClN4O/c1-14(2,3)11-6-12(20-4)18-19(11)13-10(15)5-9(7-16)8-17-13/h5-6,8H,1-4H3. The fourth-order valence-electron chi connectivity index (χ4n) is 1.80. The van der Waals surface area contributed by atoms with Gasteiger partial charge in [0.15, 0.2) is 5.82 Å². The molecular formula is C14H15ClN4O. The molecule has 0 aromatic carbocycles. The van der Waals surface area contributed by atoms with Crippen molar-refractivity contribution in [2.24, 2.45) is 0 Å². The normalized spacial score (nSPS) is 11.2. The Labute approximate surface area is 122 Å². The average Bonchev–Trinajstić information content (AvgIpc) is 2.82. The first-order chi connectivity index (χ1) is 9.36. The first kappa shape index (κ1) is 14.4. The van der Waals surface area contributed by atoms with E-state index in [2.05, 4.69) is 30.9 Å². The maximum absolute atomic E-state index is 8.86. The van der Waals surface area contributed by atoms with Gasteiger partial charge in [-0.3, -0.25) is 0 Å². The molecule has 0 amide bonds. The molecule has 0 saturated heterocycles. The molecule has 20 heavy (non-hydrogen) atoms. The van der Waals surface area contributed by atoms with Gasteiger partial charge in [0.1, 0.15) is 6.07 Å². The van der Waals surface area contributed by atoms with Crippen molar-refractivity contribution >= 4 is 11.6 Å². The highest BCUT2D eigenvalue weighted by atomic mass is 35.5. The van der Waals surface area contributed by atoms with Crippen LogP contribution < -0.4 is 4.74 Å². The molecule has 6 heteroatoms. The number of pyridine rings is 1. The minimum Gasteiger partial charge on any atom is -0.480 e. The Balaban J connectivity index is 2.63. The molecule has 0 fully saturated rings. The second kappa shape index (κ2) is 5.14. The molecule has 0 aliphatic heterocycles. The smallest absolute Gasteiger partial charge is 0.233 e. The third-order valence-electron chi connectivity index (χ3n) is 2.82. The van der Waals surface area contributed by atoms with Crippen molar-refractivity contribution in [3.8, 4) is 17.8 Å². The third-order valence-corrected chi connectivity index (χ3v) is 3.09. The third kappa shape index (κ3) is 2.61. The molecule has 0 N–H and O–H groups in total. The number of aromatic nitrogens is 3. The van der Waals surface area contributed by atoms with Crippen LogP contribution in [-0.2, 0) is 5.41 Å². The van der Waals surface area contributed by atoms with E-state index in [1.54, 1.807) is 17.9 Å². The molecule has 0 unspecified atom stereocenters. The predicted molar refractivity (Wildman–Crippen MR) is 76.3 cm³/mol. The fourth-order valence-corrected chi connectivity index (χ4v) is 2.05. The summed E-state index contributed by atoms with van der Waals surface area (Å²) in [4.78, 5) is 4.23. The summed E-state index contributed by atoms with van der Waals surface area (Å²) in [6, 6.07) is 5.44. The van der Waals surface area contributed by atoms with Gasteiger partial charge in [-0.25, -0.2) is 9.67 Å². The zero-order valence-corrected chi connectivity index (χ0v) is 12.6. The Hall–Kier alpha value is -2.06. The van der Waals surface area contributed by atoms with Crippen molar-refractivity contribution in [3.63, 3.8) is 0 Å². The van der Waals surface area contributed by atoms with Crippen molar-refractivity contribution in [1.82, 2.24) is 14.8 Å². The van der Waals surface area contributed by atoms with Crippen LogP contribution in [0, 0.1) is 11.3 Å². The molecular weight excluding hydrogens is 276 g/mol. The number of hydrogen-bond acceptors (Lipinski definition) is 4. The zero-order chi connectivity index (χ0) is 14.9. The lowest BCUT2D eigenvalue weighted by Gasteiger charge is -2.19. The number of hydrogen-bond donors (Lipinski definition) is 0. The first-order valence-corrected chi connectivity index (χ1v) is 6.45. The molecule has 2 rings (SSSR count). The van der Waals surface area contributed by atoms with Crippen molar-refractivity contribution in [3.05, 3.63) is 34.6 Å². The highest BCUT2D eigenvalue weighted by Gasteiger charge is 2.24. The molecule has 0 aliphatic rings. The Morgan fingerprint density at radius 3 is 2.55 bits per heavy atom. The molecule has 5 nitrogen and oxygen atoms in total. The topological polar surface area (TPSA) is 63.7 Å². The summed E-state index contributed by atoms with van der Waals surface area (Å²) in [6.07, 6.45) is 1.47. The van der Waals surface area contributed by atoms with Gasteiger partial charge < -0.3 is 4.74 Å². The van der Waals surface area contributed by atoms with Gasteiger partial charge in [0.25, 0.3) is 0 Å². The van der Waals surface area contributed by atoms with Crippen molar-refractivity contribution in [2.75, 3.05) is 7.11 Å². The van der Waals surface area contributed by atoms with Crippen molar-refractivity contribution in [2.45, 2.75) is 26.2 Å². The number of methoxy groups -OCH3 is 1. The molecule has 0 aliphatic carbocycles. The maximum Gasteiger partial charge on any atom is 0.233 e. The molecule has 104 valence electrons. The van der Waals surface area contributed by atoms with Crippen LogP contribution >= 0.6 is 11.6 Å². The Bertz CT molecular complexity index is 679. The summed E-state index contributed by atoms with van der Waals surface area (Å²) in [6.45, 7) is 6.20. The predicted octanol–water partition coefficient (Wildman–Crippen LogP) is 3.10. The monoisotopic (exact) mass is 290 g/mol. The summed E-state index contributed by atoms with van der Waals surface area (Å²) in [5.74, 6) is 0.982. The summed E-state index contributed by atoms with van der Waals surface area (Å²) in [5.41, 5.74) is 1.19. The fraction of sp³-hybridized carbons (Fsp3) is 0.357. The van der Waals surface area contributed by atoms with E-state index in [1.807, 2.05) is 12.1 Å².